The number of nitrogens with one attached hydrogen (secondary N) is 2. The Labute approximate surface area is 85.8 Å². The lowest BCUT2D eigenvalue weighted by molar-refractivity contribution is -0.209. The number of amides is 1. The molecule has 0 rings (SSSR count). The predicted molar refractivity (Wildman–Crippen MR) is 48.7 cm³/mol. The summed E-state index contributed by atoms with van der Waals surface area (Å²) in [5.41, 5.74) is -1.81. The maximum absolute atomic E-state index is 12.3. The van der Waals surface area contributed by atoms with Crippen LogP contribution in [0.25, 0.3) is 0 Å². The maximum atomic E-state index is 12.3. The molecule has 4 nitrogen and oxygen atoms in total. The van der Waals surface area contributed by atoms with E-state index in [2.05, 4.69) is 5.32 Å². The summed E-state index contributed by atoms with van der Waals surface area (Å²) < 4.78 is 37.0. The second kappa shape index (κ2) is 5.20. The van der Waals surface area contributed by atoms with E-state index in [0.717, 1.165) is 13.8 Å². The minimum atomic E-state index is -4.26. The second-order valence-corrected chi connectivity index (χ2v) is 3.79. The highest BCUT2D eigenvalue weighted by atomic mass is 19.4. The van der Waals surface area contributed by atoms with Gasteiger partial charge in [-0.05, 0) is 13.8 Å². The molecule has 3 N–H and O–H groups in total. The van der Waals surface area contributed by atoms with E-state index in [1.807, 2.05) is 5.32 Å². The zero-order valence-corrected chi connectivity index (χ0v) is 8.61. The largest absolute Gasteiger partial charge is 0.465 e. The average Bonchev–Trinajstić information content (AvgIpc) is 2.00. The first-order valence-electron chi connectivity index (χ1n) is 4.41. The first-order valence-corrected chi connectivity index (χ1v) is 4.41. The summed E-state index contributed by atoms with van der Waals surface area (Å²) in [6.45, 7) is 2.20. The fourth-order valence-corrected chi connectivity index (χ4v) is 0.759. The van der Waals surface area contributed by atoms with E-state index in [4.69, 9.17) is 5.11 Å². The average molecular weight is 228 g/mol. The molecular formula is C8H15F3N2O2. The minimum absolute atomic E-state index is 0.0866. The predicted octanol–water partition coefficient (Wildman–Crippen LogP) is 1.43. The van der Waals surface area contributed by atoms with Crippen molar-refractivity contribution in [1.82, 2.24) is 10.6 Å². The number of rotatable bonds is 5. The lowest BCUT2D eigenvalue weighted by atomic mass is 9.93. The molecule has 0 aromatic rings. The number of hydrogen-bond acceptors (Lipinski definition) is 2. The van der Waals surface area contributed by atoms with Gasteiger partial charge < -0.3 is 15.7 Å². The third-order valence-corrected chi connectivity index (χ3v) is 1.91. The van der Waals surface area contributed by atoms with Gasteiger partial charge in [-0.3, -0.25) is 0 Å². The van der Waals surface area contributed by atoms with Gasteiger partial charge in [0.1, 0.15) is 0 Å². The molecule has 7 heteroatoms. The first kappa shape index (κ1) is 14.0. The van der Waals surface area contributed by atoms with Crippen molar-refractivity contribution >= 4 is 6.09 Å². The topological polar surface area (TPSA) is 61.4 Å². The van der Waals surface area contributed by atoms with E-state index in [0.29, 0.717) is 0 Å². The molecule has 0 aromatic carbocycles. The number of hydrogen-bond donors (Lipinski definition) is 3. The minimum Gasteiger partial charge on any atom is -0.465 e. The van der Waals surface area contributed by atoms with Crippen molar-refractivity contribution < 1.29 is 23.1 Å². The van der Waals surface area contributed by atoms with E-state index in [9.17, 15) is 18.0 Å². The Balaban J connectivity index is 3.72. The summed E-state index contributed by atoms with van der Waals surface area (Å²) in [5, 5.41) is 12.8. The molecule has 0 aliphatic heterocycles. The Hall–Kier alpha value is -0.980. The molecule has 0 radical (unpaired) electrons. The Morgan fingerprint density at radius 3 is 2.20 bits per heavy atom. The first-order chi connectivity index (χ1) is 6.67. The van der Waals surface area contributed by atoms with Crippen LogP contribution in [0.15, 0.2) is 0 Å². The Morgan fingerprint density at radius 1 is 1.27 bits per heavy atom. The Morgan fingerprint density at radius 2 is 1.80 bits per heavy atom. The number of halogens is 3. The van der Waals surface area contributed by atoms with E-state index in [1.54, 1.807) is 0 Å². The highest BCUT2D eigenvalue weighted by molar-refractivity contribution is 5.64. The second-order valence-electron chi connectivity index (χ2n) is 3.79. The molecule has 0 atom stereocenters. The molecule has 90 valence electrons. The normalized spacial score (nSPS) is 12.6. The lowest BCUT2D eigenvalue weighted by Gasteiger charge is -2.27. The Bertz CT molecular complexity index is 216. The molecule has 0 aliphatic rings. The Kier molecular flexibility index (Phi) is 4.86. The van der Waals surface area contributed by atoms with Crippen LogP contribution < -0.4 is 10.6 Å². The van der Waals surface area contributed by atoms with Crippen molar-refractivity contribution in [1.29, 1.82) is 0 Å². The molecule has 0 saturated carbocycles. The van der Waals surface area contributed by atoms with Gasteiger partial charge in [-0.15, -0.1) is 0 Å². The smallest absolute Gasteiger partial charge is 0.404 e. The zero-order chi connectivity index (χ0) is 12.1. The zero-order valence-electron chi connectivity index (χ0n) is 8.61. The monoisotopic (exact) mass is 228 g/mol. The van der Waals surface area contributed by atoms with Gasteiger partial charge in [0.25, 0.3) is 0 Å². The quantitative estimate of drug-likeness (QED) is 0.624. The lowest BCUT2D eigenvalue weighted by Crippen LogP contribution is -2.43. The van der Waals surface area contributed by atoms with E-state index >= 15 is 0 Å². The van der Waals surface area contributed by atoms with Crippen LogP contribution in [0.4, 0.5) is 18.0 Å². The van der Waals surface area contributed by atoms with E-state index in [1.165, 1.54) is 0 Å². The van der Waals surface area contributed by atoms with Crippen LogP contribution in [0.5, 0.6) is 0 Å². The van der Waals surface area contributed by atoms with Gasteiger partial charge >= 0.3 is 12.3 Å². The third kappa shape index (κ3) is 5.46. The van der Waals surface area contributed by atoms with Crippen LogP contribution in [0.2, 0.25) is 0 Å². The fraction of sp³-hybridized carbons (Fsp3) is 0.875. The van der Waals surface area contributed by atoms with Gasteiger partial charge in [0, 0.05) is 19.6 Å². The maximum Gasteiger partial charge on any atom is 0.404 e. The van der Waals surface area contributed by atoms with Crippen LogP contribution in [-0.2, 0) is 0 Å². The number of carboxylic acid groups (broad SMARTS) is 1. The SMILES string of the molecule is CC(C)(CNCCNC(=O)O)C(F)(F)F. The molecule has 0 fully saturated rings. The van der Waals surface area contributed by atoms with Crippen molar-refractivity contribution in [2.24, 2.45) is 5.41 Å². The molecule has 1 amide bonds. The highest BCUT2D eigenvalue weighted by Crippen LogP contribution is 2.36. The third-order valence-electron chi connectivity index (χ3n) is 1.91. The summed E-state index contributed by atoms with van der Waals surface area (Å²) in [5.74, 6) is 0. The van der Waals surface area contributed by atoms with E-state index in [-0.39, 0.29) is 19.6 Å². The van der Waals surface area contributed by atoms with Crippen LogP contribution in [0.1, 0.15) is 13.8 Å². The summed E-state index contributed by atoms with van der Waals surface area (Å²) in [7, 11) is 0. The fourth-order valence-electron chi connectivity index (χ4n) is 0.759. The van der Waals surface area contributed by atoms with Gasteiger partial charge in [-0.1, -0.05) is 0 Å². The molecule has 0 spiro atoms. The van der Waals surface area contributed by atoms with Crippen molar-refractivity contribution in [3.63, 3.8) is 0 Å². The van der Waals surface area contributed by atoms with Gasteiger partial charge in [-0.25, -0.2) is 4.79 Å². The van der Waals surface area contributed by atoms with Gasteiger partial charge in [0.2, 0.25) is 0 Å². The van der Waals surface area contributed by atoms with Crippen LogP contribution in [-0.4, -0.2) is 37.0 Å². The molecule has 15 heavy (non-hydrogen) atoms. The van der Waals surface area contributed by atoms with Crippen molar-refractivity contribution in [2.75, 3.05) is 19.6 Å². The van der Waals surface area contributed by atoms with Crippen LogP contribution in [0, 0.1) is 5.41 Å². The van der Waals surface area contributed by atoms with Crippen LogP contribution in [0.3, 0.4) is 0 Å². The molecule has 0 aromatic heterocycles. The van der Waals surface area contributed by atoms with Crippen molar-refractivity contribution in [3.05, 3.63) is 0 Å². The highest BCUT2D eigenvalue weighted by Gasteiger charge is 2.46. The molecule has 0 heterocycles. The molecule has 0 aliphatic carbocycles. The van der Waals surface area contributed by atoms with Crippen molar-refractivity contribution in [2.45, 2.75) is 20.0 Å². The summed E-state index contributed by atoms with van der Waals surface area (Å²) in [6.07, 6.45) is -5.45. The molecule has 0 unspecified atom stereocenters. The standard InChI is InChI=1S/C8H15F3N2O2/c1-7(2,8(9,10)11)5-12-3-4-13-6(14)15/h12-13H,3-5H2,1-2H3,(H,14,15). The summed E-state index contributed by atoms with van der Waals surface area (Å²) in [4.78, 5) is 10.00. The van der Waals surface area contributed by atoms with Gasteiger partial charge in [0.15, 0.2) is 0 Å². The van der Waals surface area contributed by atoms with Crippen molar-refractivity contribution in [3.8, 4) is 0 Å². The summed E-state index contributed by atoms with van der Waals surface area (Å²) >= 11 is 0. The van der Waals surface area contributed by atoms with Gasteiger partial charge in [0.05, 0.1) is 5.41 Å². The summed E-state index contributed by atoms with van der Waals surface area (Å²) in [6, 6.07) is 0. The molecule has 0 saturated heterocycles. The van der Waals surface area contributed by atoms with E-state index < -0.39 is 17.7 Å². The molecular weight excluding hydrogens is 213 g/mol. The van der Waals surface area contributed by atoms with Crippen LogP contribution >= 0.6 is 0 Å². The molecule has 0 bridgehead atoms. The number of carbonyl (C=O) groups is 1. The van der Waals surface area contributed by atoms with Gasteiger partial charge in [-0.2, -0.15) is 13.2 Å². The number of alkyl halides is 3.